The van der Waals surface area contributed by atoms with Gasteiger partial charge in [0.15, 0.2) is 0 Å². The summed E-state index contributed by atoms with van der Waals surface area (Å²) < 4.78 is 6.42. The van der Waals surface area contributed by atoms with Gasteiger partial charge in [-0.05, 0) is 83.0 Å². The molecule has 0 heterocycles. The Hall–Kier alpha value is -1.07. The molecule has 2 rings (SSSR count). The molecule has 0 aliphatic carbocycles. The van der Waals surface area contributed by atoms with Crippen molar-refractivity contribution in [2.75, 3.05) is 7.11 Å². The van der Waals surface area contributed by atoms with Crippen LogP contribution in [0.25, 0.3) is 0 Å². The smallest absolute Gasteiger partial charge is 0.122 e. The lowest BCUT2D eigenvalue weighted by Crippen LogP contribution is -2.03. The Morgan fingerprint density at radius 2 is 1.84 bits per heavy atom. The zero-order chi connectivity index (χ0) is 14.0. The van der Waals surface area contributed by atoms with Crippen LogP contribution in [-0.4, -0.2) is 12.2 Å². The first-order valence-corrected chi connectivity index (χ1v) is 7.19. The first-order valence-electron chi connectivity index (χ1n) is 6.11. The van der Waals surface area contributed by atoms with E-state index < -0.39 is 6.10 Å². The molecule has 1 N–H and O–H groups in total. The van der Waals surface area contributed by atoms with Gasteiger partial charge in [0.1, 0.15) is 11.9 Å². The Morgan fingerprint density at radius 1 is 1.11 bits per heavy atom. The maximum atomic E-state index is 10.5. The largest absolute Gasteiger partial charge is 0.496 e. The molecule has 0 radical (unpaired) electrons. The van der Waals surface area contributed by atoms with Gasteiger partial charge in [0.2, 0.25) is 0 Å². The molecular weight excluding hydrogens is 351 g/mol. The Labute approximate surface area is 127 Å². The van der Waals surface area contributed by atoms with Gasteiger partial charge < -0.3 is 9.84 Å². The van der Waals surface area contributed by atoms with Crippen molar-refractivity contribution >= 4 is 22.6 Å². The van der Waals surface area contributed by atoms with Gasteiger partial charge in [-0.15, -0.1) is 0 Å². The maximum absolute atomic E-state index is 10.5. The summed E-state index contributed by atoms with van der Waals surface area (Å²) in [6.45, 7) is 3.98. The maximum Gasteiger partial charge on any atom is 0.122 e. The molecular formula is C16H17IO2. The van der Waals surface area contributed by atoms with Crippen molar-refractivity contribution in [1.29, 1.82) is 0 Å². The van der Waals surface area contributed by atoms with Crippen LogP contribution in [0, 0.1) is 17.4 Å². The monoisotopic (exact) mass is 368 g/mol. The highest BCUT2D eigenvalue weighted by Crippen LogP contribution is 2.30. The molecule has 100 valence electrons. The average molecular weight is 368 g/mol. The number of hydrogen-bond donors (Lipinski definition) is 1. The van der Waals surface area contributed by atoms with Crippen LogP contribution < -0.4 is 4.74 Å². The highest BCUT2D eigenvalue weighted by atomic mass is 127. The van der Waals surface area contributed by atoms with E-state index in [0.29, 0.717) is 0 Å². The third kappa shape index (κ3) is 3.09. The summed E-state index contributed by atoms with van der Waals surface area (Å²) in [5.74, 6) is 0.857. The topological polar surface area (TPSA) is 29.5 Å². The molecule has 1 atom stereocenters. The molecule has 3 heteroatoms. The Bertz CT molecular complexity index is 593. The molecule has 0 bridgehead atoms. The number of aryl methyl sites for hydroxylation is 2. The van der Waals surface area contributed by atoms with Crippen molar-refractivity contribution in [3.63, 3.8) is 0 Å². The fraction of sp³-hybridized carbons (Fsp3) is 0.250. The van der Waals surface area contributed by atoms with Crippen molar-refractivity contribution in [3.8, 4) is 5.75 Å². The number of methoxy groups -OCH3 is 1. The second-order valence-corrected chi connectivity index (χ2v) is 5.88. The standard InChI is InChI=1S/C16H17IO2/c1-10-8-15(19-3)11(2)7-14(10)16(18)12-5-4-6-13(17)9-12/h4-9,16,18H,1-3H3. The van der Waals surface area contributed by atoms with E-state index in [-0.39, 0.29) is 0 Å². The molecule has 1 unspecified atom stereocenters. The molecule has 0 aliphatic rings. The lowest BCUT2D eigenvalue weighted by Gasteiger charge is -2.17. The number of rotatable bonds is 3. The summed E-state index contributed by atoms with van der Waals surface area (Å²) in [6, 6.07) is 11.9. The Morgan fingerprint density at radius 3 is 2.47 bits per heavy atom. The van der Waals surface area contributed by atoms with Crippen LogP contribution in [0.2, 0.25) is 0 Å². The van der Waals surface area contributed by atoms with Gasteiger partial charge in [0.05, 0.1) is 7.11 Å². The summed E-state index contributed by atoms with van der Waals surface area (Å²) in [5.41, 5.74) is 3.92. The number of aliphatic hydroxyl groups is 1. The zero-order valence-electron chi connectivity index (χ0n) is 11.3. The minimum Gasteiger partial charge on any atom is -0.496 e. The molecule has 2 aromatic carbocycles. The number of ether oxygens (including phenoxy) is 1. The number of aliphatic hydroxyl groups excluding tert-OH is 1. The van der Waals surface area contributed by atoms with Gasteiger partial charge in [-0.25, -0.2) is 0 Å². The fourth-order valence-electron chi connectivity index (χ4n) is 2.18. The predicted molar refractivity (Wildman–Crippen MR) is 85.7 cm³/mol. The van der Waals surface area contributed by atoms with Gasteiger partial charge in [-0.3, -0.25) is 0 Å². The van der Waals surface area contributed by atoms with E-state index in [0.717, 1.165) is 31.6 Å². The van der Waals surface area contributed by atoms with Gasteiger partial charge in [-0.2, -0.15) is 0 Å². The van der Waals surface area contributed by atoms with Crippen molar-refractivity contribution < 1.29 is 9.84 Å². The van der Waals surface area contributed by atoms with E-state index in [1.807, 2.05) is 50.2 Å². The second-order valence-electron chi connectivity index (χ2n) is 4.64. The third-order valence-electron chi connectivity index (χ3n) is 3.24. The molecule has 2 aromatic rings. The molecule has 0 saturated heterocycles. The van der Waals surface area contributed by atoms with E-state index in [9.17, 15) is 5.11 Å². The van der Waals surface area contributed by atoms with E-state index in [4.69, 9.17) is 4.74 Å². The summed E-state index contributed by atoms with van der Waals surface area (Å²) in [5, 5.41) is 10.5. The lowest BCUT2D eigenvalue weighted by molar-refractivity contribution is 0.219. The van der Waals surface area contributed by atoms with Crippen LogP contribution in [0.4, 0.5) is 0 Å². The third-order valence-corrected chi connectivity index (χ3v) is 3.91. The first-order chi connectivity index (χ1) is 9.02. The van der Waals surface area contributed by atoms with E-state index in [1.165, 1.54) is 0 Å². The first kappa shape index (κ1) is 14.3. The van der Waals surface area contributed by atoms with Gasteiger partial charge in [0, 0.05) is 3.57 Å². The molecule has 0 saturated carbocycles. The van der Waals surface area contributed by atoms with Gasteiger partial charge in [-0.1, -0.05) is 12.1 Å². The minimum atomic E-state index is -0.598. The Balaban J connectivity index is 2.44. The summed E-state index contributed by atoms with van der Waals surface area (Å²) in [6.07, 6.45) is -0.598. The molecule has 19 heavy (non-hydrogen) atoms. The van der Waals surface area contributed by atoms with Crippen molar-refractivity contribution in [3.05, 3.63) is 62.2 Å². The second kappa shape index (κ2) is 5.92. The quantitative estimate of drug-likeness (QED) is 0.830. The van der Waals surface area contributed by atoms with Gasteiger partial charge in [0.25, 0.3) is 0 Å². The average Bonchev–Trinajstić information content (AvgIpc) is 2.40. The zero-order valence-corrected chi connectivity index (χ0v) is 13.4. The van der Waals surface area contributed by atoms with E-state index in [2.05, 4.69) is 22.6 Å². The SMILES string of the molecule is COc1cc(C)c(C(O)c2cccc(I)c2)cc1C. The van der Waals surface area contributed by atoms with Crippen molar-refractivity contribution in [2.24, 2.45) is 0 Å². The molecule has 0 spiro atoms. The number of benzene rings is 2. The van der Waals surface area contributed by atoms with Crippen LogP contribution >= 0.6 is 22.6 Å². The Kier molecular flexibility index (Phi) is 4.47. The highest BCUT2D eigenvalue weighted by molar-refractivity contribution is 14.1. The predicted octanol–water partition coefficient (Wildman–Crippen LogP) is 4.00. The molecule has 0 aliphatic heterocycles. The number of halogens is 1. The molecule has 0 aromatic heterocycles. The normalized spacial score (nSPS) is 12.3. The van der Waals surface area contributed by atoms with E-state index >= 15 is 0 Å². The van der Waals surface area contributed by atoms with Crippen LogP contribution in [0.5, 0.6) is 5.75 Å². The molecule has 0 amide bonds. The van der Waals surface area contributed by atoms with Crippen molar-refractivity contribution in [2.45, 2.75) is 20.0 Å². The van der Waals surface area contributed by atoms with Gasteiger partial charge >= 0.3 is 0 Å². The van der Waals surface area contributed by atoms with Crippen LogP contribution in [0.15, 0.2) is 36.4 Å². The minimum absolute atomic E-state index is 0.598. The van der Waals surface area contributed by atoms with Crippen LogP contribution in [0.3, 0.4) is 0 Å². The molecule has 0 fully saturated rings. The van der Waals surface area contributed by atoms with Crippen molar-refractivity contribution in [1.82, 2.24) is 0 Å². The number of hydrogen-bond acceptors (Lipinski definition) is 2. The van der Waals surface area contributed by atoms with Crippen LogP contribution in [0.1, 0.15) is 28.4 Å². The van der Waals surface area contributed by atoms with Crippen LogP contribution in [-0.2, 0) is 0 Å². The molecule has 2 nitrogen and oxygen atoms in total. The highest BCUT2D eigenvalue weighted by Gasteiger charge is 2.15. The fourth-order valence-corrected chi connectivity index (χ4v) is 2.75. The lowest BCUT2D eigenvalue weighted by atomic mass is 9.95. The van der Waals surface area contributed by atoms with E-state index in [1.54, 1.807) is 7.11 Å². The summed E-state index contributed by atoms with van der Waals surface area (Å²) in [4.78, 5) is 0. The summed E-state index contributed by atoms with van der Waals surface area (Å²) >= 11 is 2.25. The summed E-state index contributed by atoms with van der Waals surface area (Å²) in [7, 11) is 1.66.